The predicted octanol–water partition coefficient (Wildman–Crippen LogP) is 4.12. The Hall–Kier alpha value is -3.15. The average molecular weight is 431 g/mol. The van der Waals surface area contributed by atoms with Crippen molar-refractivity contribution in [3.63, 3.8) is 0 Å². The molecule has 0 saturated carbocycles. The maximum absolute atomic E-state index is 13.2. The topological polar surface area (TPSA) is 58.4 Å². The van der Waals surface area contributed by atoms with E-state index in [4.69, 9.17) is 4.98 Å². The fourth-order valence-corrected chi connectivity index (χ4v) is 4.99. The molecule has 32 heavy (non-hydrogen) atoms. The summed E-state index contributed by atoms with van der Waals surface area (Å²) >= 11 is 0. The van der Waals surface area contributed by atoms with Gasteiger partial charge in [0.05, 0.1) is 11.0 Å². The van der Waals surface area contributed by atoms with Crippen molar-refractivity contribution < 1.29 is 9.59 Å². The molecule has 3 heterocycles. The summed E-state index contributed by atoms with van der Waals surface area (Å²) in [5.74, 6) is 1.73. The second-order valence-corrected chi connectivity index (χ2v) is 9.35. The van der Waals surface area contributed by atoms with Crippen LogP contribution in [0.2, 0.25) is 0 Å². The van der Waals surface area contributed by atoms with E-state index in [0.29, 0.717) is 18.9 Å². The van der Waals surface area contributed by atoms with Crippen molar-refractivity contribution >= 4 is 28.5 Å². The number of para-hydroxylation sites is 2. The van der Waals surface area contributed by atoms with E-state index in [1.54, 1.807) is 0 Å². The SMILES string of the molecule is Cc1cccc(N2C[C@H](c3nc4ccccc4n3CC(=O)N3CCC(C)CC3)CC2=O)c1. The number of likely N-dealkylation sites (tertiary alicyclic amines) is 1. The van der Waals surface area contributed by atoms with E-state index in [1.807, 2.05) is 69.8 Å². The predicted molar refractivity (Wildman–Crippen MR) is 126 cm³/mol. The number of anilines is 1. The van der Waals surface area contributed by atoms with Gasteiger partial charge in [-0.25, -0.2) is 4.98 Å². The molecule has 2 fully saturated rings. The van der Waals surface area contributed by atoms with Gasteiger partial charge in [-0.15, -0.1) is 0 Å². The number of hydrogen-bond donors (Lipinski definition) is 0. The summed E-state index contributed by atoms with van der Waals surface area (Å²) < 4.78 is 2.05. The van der Waals surface area contributed by atoms with Crippen LogP contribution in [0.4, 0.5) is 5.69 Å². The number of hydrogen-bond acceptors (Lipinski definition) is 3. The molecule has 0 unspecified atom stereocenters. The first kappa shape index (κ1) is 20.7. The summed E-state index contributed by atoms with van der Waals surface area (Å²) in [4.78, 5) is 34.8. The molecule has 5 rings (SSSR count). The average Bonchev–Trinajstić information content (AvgIpc) is 3.35. The molecule has 2 aromatic carbocycles. The molecule has 2 saturated heterocycles. The Balaban J connectivity index is 1.44. The van der Waals surface area contributed by atoms with Gasteiger partial charge in [0.2, 0.25) is 11.8 Å². The van der Waals surface area contributed by atoms with Gasteiger partial charge in [0.15, 0.2) is 0 Å². The number of fused-ring (bicyclic) bond motifs is 1. The Kier molecular flexibility index (Phi) is 5.45. The lowest BCUT2D eigenvalue weighted by Gasteiger charge is -2.30. The molecule has 0 bridgehead atoms. The van der Waals surface area contributed by atoms with E-state index < -0.39 is 0 Å². The van der Waals surface area contributed by atoms with Gasteiger partial charge in [0, 0.05) is 37.7 Å². The number of nitrogens with zero attached hydrogens (tertiary/aromatic N) is 4. The highest BCUT2D eigenvalue weighted by atomic mass is 16.2. The normalized spacial score (nSPS) is 19.8. The second-order valence-electron chi connectivity index (χ2n) is 9.35. The zero-order valence-electron chi connectivity index (χ0n) is 18.8. The molecule has 0 aliphatic carbocycles. The molecule has 166 valence electrons. The molecule has 2 aliphatic heterocycles. The number of imidazole rings is 1. The van der Waals surface area contributed by atoms with Gasteiger partial charge < -0.3 is 14.4 Å². The van der Waals surface area contributed by atoms with Crippen molar-refractivity contribution in [2.45, 2.75) is 45.6 Å². The minimum Gasteiger partial charge on any atom is -0.341 e. The fraction of sp³-hybridized carbons (Fsp3) is 0.423. The summed E-state index contributed by atoms with van der Waals surface area (Å²) in [6.07, 6.45) is 2.53. The highest BCUT2D eigenvalue weighted by Crippen LogP contribution is 2.33. The zero-order valence-corrected chi connectivity index (χ0v) is 18.8. The first-order chi connectivity index (χ1) is 15.5. The largest absolute Gasteiger partial charge is 0.341 e. The molecule has 6 nitrogen and oxygen atoms in total. The van der Waals surface area contributed by atoms with E-state index in [-0.39, 0.29) is 24.3 Å². The lowest BCUT2D eigenvalue weighted by Crippen LogP contribution is -2.40. The van der Waals surface area contributed by atoms with Gasteiger partial charge in [0.25, 0.3) is 0 Å². The molecule has 1 aromatic heterocycles. The highest BCUT2D eigenvalue weighted by Gasteiger charge is 2.35. The maximum atomic E-state index is 13.2. The van der Waals surface area contributed by atoms with Crippen LogP contribution in [-0.4, -0.2) is 45.9 Å². The molecule has 1 atom stereocenters. The second kappa shape index (κ2) is 8.41. The quantitative estimate of drug-likeness (QED) is 0.626. The minimum atomic E-state index is -0.0374. The molecule has 0 radical (unpaired) electrons. The van der Waals surface area contributed by atoms with Gasteiger partial charge >= 0.3 is 0 Å². The molecule has 3 aromatic rings. The zero-order chi connectivity index (χ0) is 22.2. The molecular weight excluding hydrogens is 400 g/mol. The van der Waals surface area contributed by atoms with E-state index >= 15 is 0 Å². The number of amides is 2. The van der Waals surface area contributed by atoms with Gasteiger partial charge in [-0.05, 0) is 55.5 Å². The monoisotopic (exact) mass is 430 g/mol. The summed E-state index contributed by atoms with van der Waals surface area (Å²) in [6.45, 7) is 6.80. The van der Waals surface area contributed by atoms with Crippen molar-refractivity contribution in [1.82, 2.24) is 14.5 Å². The van der Waals surface area contributed by atoms with E-state index in [2.05, 4.69) is 6.92 Å². The van der Waals surface area contributed by atoms with E-state index in [0.717, 1.165) is 54.0 Å². The van der Waals surface area contributed by atoms with E-state index in [9.17, 15) is 9.59 Å². The molecule has 2 amide bonds. The summed E-state index contributed by atoms with van der Waals surface area (Å²) in [7, 11) is 0. The van der Waals surface area contributed by atoms with Crippen molar-refractivity contribution in [2.24, 2.45) is 5.92 Å². The number of piperidine rings is 1. The number of aryl methyl sites for hydroxylation is 1. The van der Waals surface area contributed by atoms with Crippen LogP contribution in [0.25, 0.3) is 11.0 Å². The third kappa shape index (κ3) is 3.90. The molecular formula is C26H30N4O2. The standard InChI is InChI=1S/C26H30N4O2/c1-18-10-12-28(13-11-18)25(32)17-30-23-9-4-3-8-22(23)27-26(30)20-15-24(31)29(16-20)21-7-5-6-19(2)14-21/h3-9,14,18,20H,10-13,15-17H2,1-2H3/t20-/m1/s1. The maximum Gasteiger partial charge on any atom is 0.242 e. The van der Waals surface area contributed by atoms with Crippen LogP contribution in [0.1, 0.15) is 43.5 Å². The first-order valence-electron chi connectivity index (χ1n) is 11.6. The summed E-state index contributed by atoms with van der Waals surface area (Å²) in [6, 6.07) is 16.0. The Morgan fingerprint density at radius 2 is 1.88 bits per heavy atom. The number of carbonyl (C=O) groups is 2. The van der Waals surface area contributed by atoms with Crippen LogP contribution in [-0.2, 0) is 16.1 Å². The molecule has 0 spiro atoms. The van der Waals surface area contributed by atoms with Crippen LogP contribution in [0.3, 0.4) is 0 Å². The van der Waals surface area contributed by atoms with Gasteiger partial charge in [-0.3, -0.25) is 9.59 Å². The van der Waals surface area contributed by atoms with Crippen LogP contribution in [0.15, 0.2) is 48.5 Å². The van der Waals surface area contributed by atoms with Crippen LogP contribution in [0, 0.1) is 12.8 Å². The van der Waals surface area contributed by atoms with Crippen molar-refractivity contribution in [1.29, 1.82) is 0 Å². The molecule has 2 aliphatic rings. The minimum absolute atomic E-state index is 0.0374. The highest BCUT2D eigenvalue weighted by molar-refractivity contribution is 5.96. The Bertz CT molecular complexity index is 1160. The Morgan fingerprint density at radius 1 is 1.09 bits per heavy atom. The smallest absolute Gasteiger partial charge is 0.242 e. The number of aromatic nitrogens is 2. The first-order valence-corrected chi connectivity index (χ1v) is 11.6. The number of benzene rings is 2. The van der Waals surface area contributed by atoms with E-state index in [1.165, 1.54) is 0 Å². The number of carbonyl (C=O) groups excluding carboxylic acids is 2. The lowest BCUT2D eigenvalue weighted by molar-refractivity contribution is -0.133. The van der Waals surface area contributed by atoms with Crippen molar-refractivity contribution in [3.05, 3.63) is 59.9 Å². The van der Waals surface area contributed by atoms with Crippen molar-refractivity contribution in [3.8, 4) is 0 Å². The summed E-state index contributed by atoms with van der Waals surface area (Å²) in [5, 5.41) is 0. The molecule has 0 N–H and O–H groups in total. The van der Waals surface area contributed by atoms with Gasteiger partial charge in [-0.2, -0.15) is 0 Å². The van der Waals surface area contributed by atoms with Crippen LogP contribution in [0.5, 0.6) is 0 Å². The fourth-order valence-electron chi connectivity index (χ4n) is 4.99. The lowest BCUT2D eigenvalue weighted by atomic mass is 9.99. The van der Waals surface area contributed by atoms with Gasteiger partial charge in [0.1, 0.15) is 12.4 Å². The summed E-state index contributed by atoms with van der Waals surface area (Å²) in [5.41, 5.74) is 3.90. The van der Waals surface area contributed by atoms with Crippen LogP contribution < -0.4 is 4.90 Å². The third-order valence-corrected chi connectivity index (χ3v) is 6.92. The third-order valence-electron chi connectivity index (χ3n) is 6.92. The Morgan fingerprint density at radius 3 is 2.66 bits per heavy atom. The van der Waals surface area contributed by atoms with Gasteiger partial charge in [-0.1, -0.05) is 31.2 Å². The number of rotatable bonds is 4. The Labute approximate surface area is 188 Å². The van der Waals surface area contributed by atoms with Crippen molar-refractivity contribution in [2.75, 3.05) is 24.5 Å². The molecule has 6 heteroatoms. The van der Waals surface area contributed by atoms with Crippen LogP contribution >= 0.6 is 0 Å².